The first-order valence-corrected chi connectivity index (χ1v) is 8.56. The highest BCUT2D eigenvalue weighted by molar-refractivity contribution is 7.97. The molecule has 0 amide bonds. The van der Waals surface area contributed by atoms with Crippen LogP contribution in [0, 0.1) is 6.92 Å². The number of carbonyl (C=O) groups excluding carboxylic acids is 1. The highest BCUT2D eigenvalue weighted by atomic mass is 32.2. The third-order valence-corrected chi connectivity index (χ3v) is 3.94. The molecule has 0 aliphatic rings. The first-order valence-electron chi connectivity index (χ1n) is 7.17. The Morgan fingerprint density at radius 1 is 1.26 bits per heavy atom. The van der Waals surface area contributed by atoms with E-state index in [4.69, 9.17) is 9.47 Å². The summed E-state index contributed by atoms with van der Waals surface area (Å²) < 4.78 is 10.9. The predicted octanol–water partition coefficient (Wildman–Crippen LogP) is 3.58. The molecule has 0 radical (unpaired) electrons. The van der Waals surface area contributed by atoms with Crippen molar-refractivity contribution in [3.05, 3.63) is 58.7 Å². The number of aryl methyl sites for hydroxylation is 1. The van der Waals surface area contributed by atoms with E-state index in [1.807, 2.05) is 31.4 Å². The monoisotopic (exact) mass is 332 g/mol. The first-order chi connectivity index (χ1) is 11.1. The van der Waals surface area contributed by atoms with Crippen molar-refractivity contribution in [3.8, 4) is 11.5 Å². The molecule has 0 aliphatic heterocycles. The molecule has 0 heterocycles. The van der Waals surface area contributed by atoms with Crippen molar-refractivity contribution >= 4 is 17.7 Å². The largest absolute Gasteiger partial charge is 0.493 e. The smallest absolute Gasteiger partial charge is 0.343 e. The lowest BCUT2D eigenvalue weighted by Gasteiger charge is -2.15. The van der Waals surface area contributed by atoms with Crippen LogP contribution in [0.3, 0.4) is 0 Å². The second kappa shape index (κ2) is 8.04. The topological polar surface area (TPSA) is 55.8 Å². The van der Waals surface area contributed by atoms with Gasteiger partial charge in [-0.15, -0.1) is 0 Å². The summed E-state index contributed by atoms with van der Waals surface area (Å²) >= 11 is 1.60. The minimum atomic E-state index is -0.425. The van der Waals surface area contributed by atoms with Crippen LogP contribution in [0.4, 0.5) is 0 Å². The van der Waals surface area contributed by atoms with Gasteiger partial charge in [0, 0.05) is 11.3 Å². The Kier molecular flexibility index (Phi) is 6.07. The van der Waals surface area contributed by atoms with Crippen molar-refractivity contribution in [1.82, 2.24) is 0 Å². The SMILES string of the molecule is COc1cc(CO)cc(CSC)c1OC(=O)c1cccc(C)c1. The van der Waals surface area contributed by atoms with E-state index in [9.17, 15) is 9.90 Å². The fourth-order valence-electron chi connectivity index (χ4n) is 2.27. The molecule has 4 nitrogen and oxygen atoms in total. The molecule has 0 saturated carbocycles. The Labute approximate surface area is 140 Å². The molecule has 0 bridgehead atoms. The van der Waals surface area contributed by atoms with E-state index in [1.165, 1.54) is 7.11 Å². The Morgan fingerprint density at radius 3 is 2.65 bits per heavy atom. The highest BCUT2D eigenvalue weighted by Gasteiger charge is 2.18. The zero-order chi connectivity index (χ0) is 16.8. The van der Waals surface area contributed by atoms with Crippen LogP contribution >= 0.6 is 11.8 Å². The summed E-state index contributed by atoms with van der Waals surface area (Å²) in [5.74, 6) is 1.08. The van der Waals surface area contributed by atoms with Crippen LogP contribution in [0.1, 0.15) is 27.0 Å². The molecule has 2 rings (SSSR count). The van der Waals surface area contributed by atoms with Gasteiger partial charge in [-0.2, -0.15) is 11.8 Å². The van der Waals surface area contributed by atoms with E-state index in [2.05, 4.69) is 0 Å². The second-order valence-electron chi connectivity index (χ2n) is 5.14. The zero-order valence-corrected chi connectivity index (χ0v) is 14.3. The summed E-state index contributed by atoms with van der Waals surface area (Å²) in [4.78, 5) is 12.4. The lowest BCUT2D eigenvalue weighted by Crippen LogP contribution is -2.11. The average molecular weight is 332 g/mol. The van der Waals surface area contributed by atoms with E-state index in [0.717, 1.165) is 16.7 Å². The molecular formula is C18H20O4S. The molecule has 23 heavy (non-hydrogen) atoms. The van der Waals surface area contributed by atoms with Crippen LogP contribution < -0.4 is 9.47 Å². The summed E-state index contributed by atoms with van der Waals surface area (Å²) in [5.41, 5.74) is 3.03. The standard InChI is InChI=1S/C18H20O4S/c1-12-5-4-6-14(7-12)18(20)22-17-15(11-23-3)8-13(10-19)9-16(17)21-2/h4-9,19H,10-11H2,1-3H3. The van der Waals surface area contributed by atoms with Crippen LogP contribution in [0.2, 0.25) is 0 Å². The number of rotatable bonds is 6. The van der Waals surface area contributed by atoms with Gasteiger partial charge in [0.15, 0.2) is 11.5 Å². The van der Waals surface area contributed by atoms with E-state index < -0.39 is 5.97 Å². The van der Waals surface area contributed by atoms with Crippen LogP contribution in [-0.4, -0.2) is 24.4 Å². The quantitative estimate of drug-likeness (QED) is 0.647. The van der Waals surface area contributed by atoms with Crippen molar-refractivity contribution in [3.63, 3.8) is 0 Å². The van der Waals surface area contributed by atoms with E-state index in [1.54, 1.807) is 30.0 Å². The van der Waals surface area contributed by atoms with Crippen LogP contribution in [0.25, 0.3) is 0 Å². The van der Waals surface area contributed by atoms with Crippen molar-refractivity contribution in [2.75, 3.05) is 13.4 Å². The molecule has 5 heteroatoms. The number of benzene rings is 2. The Balaban J connectivity index is 2.39. The Morgan fingerprint density at radius 2 is 2.04 bits per heavy atom. The van der Waals surface area contributed by atoms with Gasteiger partial charge in [-0.25, -0.2) is 4.79 Å². The molecule has 0 unspecified atom stereocenters. The fraction of sp³-hybridized carbons (Fsp3) is 0.278. The van der Waals surface area contributed by atoms with Gasteiger partial charge in [0.25, 0.3) is 0 Å². The van der Waals surface area contributed by atoms with Gasteiger partial charge in [0.2, 0.25) is 0 Å². The van der Waals surface area contributed by atoms with E-state index in [0.29, 0.717) is 22.8 Å². The fourth-order valence-corrected chi connectivity index (χ4v) is 2.79. The van der Waals surface area contributed by atoms with Gasteiger partial charge in [-0.05, 0) is 43.0 Å². The minimum Gasteiger partial charge on any atom is -0.493 e. The number of hydrogen-bond acceptors (Lipinski definition) is 5. The zero-order valence-electron chi connectivity index (χ0n) is 13.5. The van der Waals surface area contributed by atoms with E-state index >= 15 is 0 Å². The number of methoxy groups -OCH3 is 1. The third kappa shape index (κ3) is 4.27. The molecule has 0 saturated heterocycles. The Bertz CT molecular complexity index is 697. The number of aliphatic hydroxyl groups is 1. The summed E-state index contributed by atoms with van der Waals surface area (Å²) in [6.07, 6.45) is 1.96. The molecule has 0 atom stereocenters. The summed E-state index contributed by atoms with van der Waals surface area (Å²) in [7, 11) is 1.52. The number of carbonyl (C=O) groups is 1. The maximum Gasteiger partial charge on any atom is 0.343 e. The van der Waals surface area contributed by atoms with Gasteiger partial charge < -0.3 is 14.6 Å². The van der Waals surface area contributed by atoms with Crippen LogP contribution in [-0.2, 0) is 12.4 Å². The van der Waals surface area contributed by atoms with Gasteiger partial charge in [-0.3, -0.25) is 0 Å². The van der Waals surface area contributed by atoms with Crippen LogP contribution in [0.15, 0.2) is 36.4 Å². The molecule has 0 aromatic heterocycles. The number of aliphatic hydroxyl groups excluding tert-OH is 1. The maximum absolute atomic E-state index is 12.4. The third-order valence-electron chi connectivity index (χ3n) is 3.34. The number of thioether (sulfide) groups is 1. The average Bonchev–Trinajstić information content (AvgIpc) is 2.56. The highest BCUT2D eigenvalue weighted by Crippen LogP contribution is 2.35. The predicted molar refractivity (Wildman–Crippen MR) is 92.3 cm³/mol. The molecule has 2 aromatic rings. The lowest BCUT2D eigenvalue weighted by molar-refractivity contribution is 0.0728. The Hall–Kier alpha value is -1.98. The van der Waals surface area contributed by atoms with Gasteiger partial charge in [0.1, 0.15) is 0 Å². The molecule has 122 valence electrons. The molecule has 2 aromatic carbocycles. The van der Waals surface area contributed by atoms with Crippen molar-refractivity contribution in [1.29, 1.82) is 0 Å². The maximum atomic E-state index is 12.4. The summed E-state index contributed by atoms with van der Waals surface area (Å²) in [5, 5.41) is 9.36. The normalized spacial score (nSPS) is 10.4. The minimum absolute atomic E-state index is 0.0934. The van der Waals surface area contributed by atoms with E-state index in [-0.39, 0.29) is 6.61 Å². The number of esters is 1. The van der Waals surface area contributed by atoms with Gasteiger partial charge >= 0.3 is 5.97 Å². The first kappa shape index (κ1) is 17.4. The summed E-state index contributed by atoms with van der Waals surface area (Å²) in [6.45, 7) is 1.83. The van der Waals surface area contributed by atoms with Crippen molar-refractivity contribution in [2.45, 2.75) is 19.3 Å². The second-order valence-corrected chi connectivity index (χ2v) is 6.00. The number of hydrogen-bond donors (Lipinski definition) is 1. The molecular weight excluding hydrogens is 312 g/mol. The van der Waals surface area contributed by atoms with Gasteiger partial charge in [0.05, 0.1) is 19.3 Å². The molecule has 0 aliphatic carbocycles. The van der Waals surface area contributed by atoms with Crippen molar-refractivity contribution in [2.24, 2.45) is 0 Å². The molecule has 0 fully saturated rings. The number of ether oxygens (including phenoxy) is 2. The van der Waals surface area contributed by atoms with Gasteiger partial charge in [-0.1, -0.05) is 17.7 Å². The summed E-state index contributed by atoms with van der Waals surface area (Å²) in [6, 6.07) is 10.8. The molecule has 1 N–H and O–H groups in total. The van der Waals surface area contributed by atoms with Crippen molar-refractivity contribution < 1.29 is 19.4 Å². The van der Waals surface area contributed by atoms with Crippen LogP contribution in [0.5, 0.6) is 11.5 Å². The molecule has 0 spiro atoms. The lowest BCUT2D eigenvalue weighted by atomic mass is 10.1.